The van der Waals surface area contributed by atoms with Gasteiger partial charge in [0.05, 0.1) is 5.69 Å². The third-order valence-electron chi connectivity index (χ3n) is 0.849. The maximum absolute atomic E-state index is 4.58. The van der Waals surface area contributed by atoms with E-state index in [2.05, 4.69) is 15.0 Å². The average molecular weight is 149 g/mol. The van der Waals surface area contributed by atoms with Gasteiger partial charge < -0.3 is 9.84 Å². The van der Waals surface area contributed by atoms with Crippen LogP contribution >= 0.6 is 12.4 Å². The third-order valence-corrected chi connectivity index (χ3v) is 0.849. The number of aromatic nitrogens is 1. The van der Waals surface area contributed by atoms with Crippen LogP contribution in [0.15, 0.2) is 16.9 Å². The standard InChI is InChI=1S/C5H8N2O.ClH/c1-6-4-5-2-3-8-7-5;/h2-3,6H,4H2,1H3;1H. The van der Waals surface area contributed by atoms with E-state index in [-0.39, 0.29) is 12.4 Å². The van der Waals surface area contributed by atoms with Crippen LogP contribution in [-0.4, -0.2) is 12.2 Å². The molecule has 0 amide bonds. The predicted molar refractivity (Wildman–Crippen MR) is 36.5 cm³/mol. The summed E-state index contributed by atoms with van der Waals surface area (Å²) >= 11 is 0. The molecule has 0 aliphatic rings. The average Bonchev–Trinajstić information content (AvgIpc) is 2.19. The third kappa shape index (κ3) is 2.49. The zero-order chi connectivity index (χ0) is 5.82. The van der Waals surface area contributed by atoms with E-state index in [1.54, 1.807) is 6.26 Å². The highest BCUT2D eigenvalue weighted by Crippen LogP contribution is 1.90. The summed E-state index contributed by atoms with van der Waals surface area (Å²) in [6.45, 7) is 0.774. The number of hydrogen-bond donors (Lipinski definition) is 1. The molecular formula is C5H9ClN2O. The van der Waals surface area contributed by atoms with E-state index in [0.29, 0.717) is 0 Å². The van der Waals surface area contributed by atoms with Gasteiger partial charge in [0.25, 0.3) is 0 Å². The van der Waals surface area contributed by atoms with Gasteiger partial charge >= 0.3 is 0 Å². The normalized spacial score (nSPS) is 8.56. The van der Waals surface area contributed by atoms with Gasteiger partial charge in [-0.25, -0.2) is 0 Å². The summed E-state index contributed by atoms with van der Waals surface area (Å²) < 4.78 is 4.58. The molecule has 4 heteroatoms. The molecule has 9 heavy (non-hydrogen) atoms. The Balaban J connectivity index is 0.000000640. The molecule has 0 spiro atoms. The molecule has 0 atom stereocenters. The maximum Gasteiger partial charge on any atom is 0.124 e. The molecule has 52 valence electrons. The van der Waals surface area contributed by atoms with Crippen LogP contribution in [0.25, 0.3) is 0 Å². The maximum atomic E-state index is 4.58. The minimum absolute atomic E-state index is 0. The summed E-state index contributed by atoms with van der Waals surface area (Å²) in [7, 11) is 1.87. The Kier molecular flexibility index (Phi) is 4.09. The Morgan fingerprint density at radius 2 is 2.56 bits per heavy atom. The fraction of sp³-hybridized carbons (Fsp3) is 0.400. The zero-order valence-corrected chi connectivity index (χ0v) is 5.94. The number of halogens is 1. The van der Waals surface area contributed by atoms with Crippen LogP contribution < -0.4 is 5.32 Å². The lowest BCUT2D eigenvalue weighted by Gasteiger charge is -1.86. The van der Waals surface area contributed by atoms with Gasteiger partial charge in [-0.15, -0.1) is 12.4 Å². The van der Waals surface area contributed by atoms with Gasteiger partial charge in [0.1, 0.15) is 6.26 Å². The minimum Gasteiger partial charge on any atom is -0.364 e. The molecule has 0 saturated carbocycles. The summed E-state index contributed by atoms with van der Waals surface area (Å²) in [4.78, 5) is 0. The van der Waals surface area contributed by atoms with Gasteiger partial charge in [-0.2, -0.15) is 0 Å². The molecule has 1 aromatic rings. The van der Waals surface area contributed by atoms with Crippen molar-refractivity contribution in [2.75, 3.05) is 7.05 Å². The van der Waals surface area contributed by atoms with Crippen molar-refractivity contribution in [3.63, 3.8) is 0 Å². The van der Waals surface area contributed by atoms with E-state index in [9.17, 15) is 0 Å². The van der Waals surface area contributed by atoms with Crippen molar-refractivity contribution >= 4 is 12.4 Å². The summed E-state index contributed by atoms with van der Waals surface area (Å²) in [6, 6.07) is 1.83. The van der Waals surface area contributed by atoms with Gasteiger partial charge in [-0.3, -0.25) is 0 Å². The van der Waals surface area contributed by atoms with Crippen LogP contribution in [0.1, 0.15) is 5.69 Å². The minimum atomic E-state index is 0. The summed E-state index contributed by atoms with van der Waals surface area (Å²) in [6.07, 6.45) is 1.56. The van der Waals surface area contributed by atoms with Gasteiger partial charge in [0.2, 0.25) is 0 Å². The molecule has 0 saturated heterocycles. The molecule has 0 aromatic carbocycles. The Morgan fingerprint density at radius 3 is 3.00 bits per heavy atom. The van der Waals surface area contributed by atoms with E-state index >= 15 is 0 Å². The lowest BCUT2D eigenvalue weighted by molar-refractivity contribution is 0.410. The summed E-state index contributed by atoms with van der Waals surface area (Å²) in [5.41, 5.74) is 0.938. The SMILES string of the molecule is CNCc1ccon1.Cl. The first kappa shape index (κ1) is 8.46. The van der Waals surface area contributed by atoms with Crippen molar-refractivity contribution in [1.29, 1.82) is 0 Å². The van der Waals surface area contributed by atoms with Crippen LogP contribution in [0.2, 0.25) is 0 Å². The molecule has 0 aliphatic carbocycles. The zero-order valence-electron chi connectivity index (χ0n) is 5.13. The molecule has 0 unspecified atom stereocenters. The highest BCUT2D eigenvalue weighted by Gasteiger charge is 1.89. The summed E-state index contributed by atoms with van der Waals surface area (Å²) in [5.74, 6) is 0. The molecule has 1 rings (SSSR count). The second-order valence-electron chi connectivity index (χ2n) is 1.52. The van der Waals surface area contributed by atoms with Crippen molar-refractivity contribution < 1.29 is 4.52 Å². The number of hydrogen-bond acceptors (Lipinski definition) is 3. The molecule has 1 heterocycles. The molecule has 0 bridgehead atoms. The Bertz CT molecular complexity index is 141. The van der Waals surface area contributed by atoms with E-state index < -0.39 is 0 Å². The first-order valence-corrected chi connectivity index (χ1v) is 2.47. The van der Waals surface area contributed by atoms with Crippen LogP contribution in [0, 0.1) is 0 Å². The first-order valence-electron chi connectivity index (χ1n) is 2.47. The summed E-state index contributed by atoms with van der Waals surface area (Å²) in [5, 5.41) is 6.62. The number of nitrogens with zero attached hydrogens (tertiary/aromatic N) is 1. The van der Waals surface area contributed by atoms with Gasteiger partial charge in [-0.1, -0.05) is 5.16 Å². The molecule has 1 aromatic heterocycles. The van der Waals surface area contributed by atoms with Crippen LogP contribution in [0.3, 0.4) is 0 Å². The van der Waals surface area contributed by atoms with Gasteiger partial charge in [-0.05, 0) is 7.05 Å². The van der Waals surface area contributed by atoms with Gasteiger partial charge in [0, 0.05) is 12.6 Å². The van der Waals surface area contributed by atoms with E-state index in [0.717, 1.165) is 12.2 Å². The molecular weight excluding hydrogens is 140 g/mol. The molecule has 0 radical (unpaired) electrons. The highest BCUT2D eigenvalue weighted by atomic mass is 35.5. The monoisotopic (exact) mass is 148 g/mol. The lowest BCUT2D eigenvalue weighted by atomic mass is 10.4. The number of rotatable bonds is 2. The fourth-order valence-corrected chi connectivity index (χ4v) is 0.510. The molecule has 0 fully saturated rings. The highest BCUT2D eigenvalue weighted by molar-refractivity contribution is 5.85. The fourth-order valence-electron chi connectivity index (χ4n) is 0.510. The molecule has 1 N–H and O–H groups in total. The van der Waals surface area contributed by atoms with E-state index in [1.165, 1.54) is 0 Å². The van der Waals surface area contributed by atoms with Crippen molar-refractivity contribution in [3.8, 4) is 0 Å². The lowest BCUT2D eigenvalue weighted by Crippen LogP contribution is -2.04. The van der Waals surface area contributed by atoms with Crippen molar-refractivity contribution in [2.24, 2.45) is 0 Å². The molecule has 0 aliphatic heterocycles. The predicted octanol–water partition coefficient (Wildman–Crippen LogP) is 0.816. The van der Waals surface area contributed by atoms with E-state index in [1.807, 2.05) is 13.1 Å². The first-order chi connectivity index (χ1) is 3.93. The Hall–Kier alpha value is -0.540. The number of nitrogens with one attached hydrogen (secondary N) is 1. The smallest absolute Gasteiger partial charge is 0.124 e. The second-order valence-corrected chi connectivity index (χ2v) is 1.52. The van der Waals surface area contributed by atoms with Crippen molar-refractivity contribution in [2.45, 2.75) is 6.54 Å². The van der Waals surface area contributed by atoms with Crippen molar-refractivity contribution in [1.82, 2.24) is 10.5 Å². The largest absolute Gasteiger partial charge is 0.364 e. The Morgan fingerprint density at radius 1 is 1.78 bits per heavy atom. The van der Waals surface area contributed by atoms with E-state index in [4.69, 9.17) is 0 Å². The quantitative estimate of drug-likeness (QED) is 0.675. The topological polar surface area (TPSA) is 38.1 Å². The van der Waals surface area contributed by atoms with Gasteiger partial charge in [0.15, 0.2) is 0 Å². The van der Waals surface area contributed by atoms with Crippen molar-refractivity contribution in [3.05, 3.63) is 18.0 Å². The van der Waals surface area contributed by atoms with Crippen LogP contribution in [0.4, 0.5) is 0 Å². The molecule has 3 nitrogen and oxygen atoms in total. The van der Waals surface area contributed by atoms with Crippen LogP contribution in [-0.2, 0) is 6.54 Å². The van der Waals surface area contributed by atoms with Crippen LogP contribution in [0.5, 0.6) is 0 Å². The second kappa shape index (κ2) is 4.35. The Labute approximate surface area is 59.8 Å².